The lowest BCUT2D eigenvalue weighted by Crippen LogP contribution is -2.58. The normalized spacial score (nSPS) is 23.6. The Labute approximate surface area is 181 Å². The molecule has 2 aromatic heterocycles. The first kappa shape index (κ1) is 19.8. The van der Waals surface area contributed by atoms with Gasteiger partial charge in [-0.3, -0.25) is 4.90 Å². The summed E-state index contributed by atoms with van der Waals surface area (Å²) in [5.41, 5.74) is 2.65. The van der Waals surface area contributed by atoms with E-state index in [2.05, 4.69) is 25.6 Å². The molecule has 3 fully saturated rings. The van der Waals surface area contributed by atoms with Crippen molar-refractivity contribution in [3.05, 3.63) is 29.9 Å². The Hall–Kier alpha value is -2.19. The highest BCUT2D eigenvalue weighted by Crippen LogP contribution is 2.47. The molecule has 1 amide bonds. The van der Waals surface area contributed by atoms with Crippen LogP contribution in [0.2, 0.25) is 0 Å². The molecule has 1 spiro atoms. The first-order chi connectivity index (χ1) is 14.7. The zero-order valence-electron chi connectivity index (χ0n) is 17.5. The molecule has 2 saturated heterocycles. The molecule has 0 aromatic carbocycles. The first-order valence-electron chi connectivity index (χ1n) is 10.9. The lowest BCUT2D eigenvalue weighted by molar-refractivity contribution is -0.00294. The third-order valence-electron chi connectivity index (χ3n) is 6.92. The van der Waals surface area contributed by atoms with Gasteiger partial charge in [0.1, 0.15) is 5.82 Å². The quantitative estimate of drug-likeness (QED) is 0.746. The molecule has 8 heteroatoms. The van der Waals surface area contributed by atoms with Crippen molar-refractivity contribution in [2.75, 3.05) is 50.8 Å². The van der Waals surface area contributed by atoms with Gasteiger partial charge in [0.2, 0.25) is 0 Å². The Balaban J connectivity index is 1.17. The standard InChI is InChI=1S/C22H29N5O2S/c1-2-29-21(28)27-15-22(16-27)6-5-18(12-22)25-8-10-26(11-9-25)20-19(4-3-7-23-20)17-13-24-30-14-17/h3-4,7,13-14,18H,2,5-6,8-12,15-16H2,1H3/t18-/m1/s1. The monoisotopic (exact) mass is 427 g/mol. The largest absolute Gasteiger partial charge is 0.450 e. The van der Waals surface area contributed by atoms with E-state index in [0.717, 1.165) is 50.6 Å². The van der Waals surface area contributed by atoms with Crippen molar-refractivity contribution in [1.29, 1.82) is 0 Å². The maximum Gasteiger partial charge on any atom is 0.409 e. The van der Waals surface area contributed by atoms with Crippen LogP contribution in [0.1, 0.15) is 26.2 Å². The van der Waals surface area contributed by atoms with Gasteiger partial charge in [0.15, 0.2) is 0 Å². The van der Waals surface area contributed by atoms with Gasteiger partial charge < -0.3 is 14.5 Å². The number of aromatic nitrogens is 2. The fourth-order valence-electron chi connectivity index (χ4n) is 5.39. The van der Waals surface area contributed by atoms with E-state index in [-0.39, 0.29) is 6.09 Å². The van der Waals surface area contributed by atoms with Crippen LogP contribution in [0.15, 0.2) is 29.9 Å². The number of carbonyl (C=O) groups is 1. The maximum atomic E-state index is 11.9. The predicted molar refractivity (Wildman–Crippen MR) is 118 cm³/mol. The van der Waals surface area contributed by atoms with Gasteiger partial charge >= 0.3 is 6.09 Å². The molecule has 1 atom stereocenters. The average molecular weight is 428 g/mol. The van der Waals surface area contributed by atoms with Crippen LogP contribution in [-0.2, 0) is 4.74 Å². The molecule has 30 heavy (non-hydrogen) atoms. The number of rotatable bonds is 4. The highest BCUT2D eigenvalue weighted by atomic mass is 32.1. The second-order valence-corrected chi connectivity index (χ2v) is 9.42. The molecule has 5 rings (SSSR count). The topological polar surface area (TPSA) is 61.8 Å². The number of pyridine rings is 1. The summed E-state index contributed by atoms with van der Waals surface area (Å²) in [5.74, 6) is 1.07. The number of hydrogen-bond acceptors (Lipinski definition) is 7. The molecule has 4 heterocycles. The molecule has 2 aromatic rings. The highest BCUT2D eigenvalue weighted by molar-refractivity contribution is 7.03. The van der Waals surface area contributed by atoms with Crippen molar-refractivity contribution in [2.24, 2.45) is 5.41 Å². The molecule has 0 bridgehead atoms. The van der Waals surface area contributed by atoms with Crippen molar-refractivity contribution >= 4 is 23.4 Å². The van der Waals surface area contributed by atoms with Gasteiger partial charge in [0.05, 0.1) is 6.61 Å². The van der Waals surface area contributed by atoms with Crippen molar-refractivity contribution in [3.63, 3.8) is 0 Å². The van der Waals surface area contributed by atoms with E-state index in [1.807, 2.05) is 30.3 Å². The van der Waals surface area contributed by atoms with E-state index in [1.54, 1.807) is 0 Å². The SMILES string of the molecule is CCOC(=O)N1CC2(CC[C@@H](N3CCN(c4ncccc4-c4cnsc4)CC3)C2)C1. The van der Waals surface area contributed by atoms with Gasteiger partial charge in [-0.25, -0.2) is 14.2 Å². The second kappa shape index (κ2) is 8.15. The van der Waals surface area contributed by atoms with Crippen LogP contribution in [0.5, 0.6) is 0 Å². The van der Waals surface area contributed by atoms with Gasteiger partial charge in [0.25, 0.3) is 0 Å². The van der Waals surface area contributed by atoms with Crippen molar-refractivity contribution in [2.45, 2.75) is 32.2 Å². The summed E-state index contributed by atoms with van der Waals surface area (Å²) in [6, 6.07) is 4.79. The molecule has 3 aliphatic rings. The minimum atomic E-state index is -0.146. The van der Waals surface area contributed by atoms with Crippen LogP contribution in [0.3, 0.4) is 0 Å². The molecule has 160 valence electrons. The first-order valence-corrected chi connectivity index (χ1v) is 11.8. The van der Waals surface area contributed by atoms with Gasteiger partial charge in [-0.05, 0) is 49.9 Å². The summed E-state index contributed by atoms with van der Waals surface area (Å²) in [5, 5.41) is 2.09. The van der Waals surface area contributed by atoms with E-state index in [4.69, 9.17) is 9.72 Å². The molecule has 0 N–H and O–H groups in total. The molecule has 7 nitrogen and oxygen atoms in total. The van der Waals surface area contributed by atoms with Crippen LogP contribution < -0.4 is 4.90 Å². The van der Waals surface area contributed by atoms with Crippen LogP contribution in [0.4, 0.5) is 10.6 Å². The zero-order chi connectivity index (χ0) is 20.6. The number of likely N-dealkylation sites (tertiary alicyclic amines) is 1. The van der Waals surface area contributed by atoms with E-state index in [1.165, 1.54) is 36.4 Å². The number of carbonyl (C=O) groups excluding carboxylic acids is 1. The van der Waals surface area contributed by atoms with Crippen molar-refractivity contribution in [1.82, 2.24) is 19.2 Å². The predicted octanol–water partition coefficient (Wildman–Crippen LogP) is 3.34. The molecule has 2 aliphatic heterocycles. The van der Waals surface area contributed by atoms with Crippen LogP contribution >= 0.6 is 11.5 Å². The fraction of sp³-hybridized carbons (Fsp3) is 0.591. The summed E-state index contributed by atoms with van der Waals surface area (Å²) in [6.45, 7) is 8.20. The maximum absolute atomic E-state index is 11.9. The fourth-order valence-corrected chi connectivity index (χ4v) is 5.93. The third kappa shape index (κ3) is 3.67. The summed E-state index contributed by atoms with van der Waals surface area (Å²) >= 11 is 1.48. The minimum Gasteiger partial charge on any atom is -0.450 e. The molecular weight excluding hydrogens is 398 g/mol. The van der Waals surface area contributed by atoms with E-state index in [0.29, 0.717) is 18.1 Å². The lowest BCUT2D eigenvalue weighted by Gasteiger charge is -2.48. The Kier molecular flexibility index (Phi) is 5.37. The van der Waals surface area contributed by atoms with Crippen molar-refractivity contribution in [3.8, 4) is 11.1 Å². The van der Waals surface area contributed by atoms with E-state index < -0.39 is 0 Å². The van der Waals surface area contributed by atoms with Gasteiger partial charge in [-0.2, -0.15) is 0 Å². The number of ether oxygens (including phenoxy) is 1. The second-order valence-electron chi connectivity index (χ2n) is 8.76. The lowest BCUT2D eigenvalue weighted by atomic mass is 9.78. The summed E-state index contributed by atoms with van der Waals surface area (Å²) in [7, 11) is 0. The molecule has 1 saturated carbocycles. The van der Waals surface area contributed by atoms with Crippen LogP contribution in [0.25, 0.3) is 11.1 Å². The highest BCUT2D eigenvalue weighted by Gasteiger charge is 2.51. The van der Waals surface area contributed by atoms with Gasteiger partial charge in [0, 0.05) is 79.6 Å². The Morgan fingerprint density at radius 3 is 2.87 bits per heavy atom. The minimum absolute atomic E-state index is 0.146. The summed E-state index contributed by atoms with van der Waals surface area (Å²) in [6.07, 6.45) is 7.34. The molecular formula is C22H29N5O2S. The summed E-state index contributed by atoms with van der Waals surface area (Å²) < 4.78 is 9.40. The van der Waals surface area contributed by atoms with E-state index >= 15 is 0 Å². The Morgan fingerprint density at radius 1 is 1.30 bits per heavy atom. The van der Waals surface area contributed by atoms with Crippen molar-refractivity contribution < 1.29 is 9.53 Å². The van der Waals surface area contributed by atoms with Gasteiger partial charge in [-0.1, -0.05) is 0 Å². The Morgan fingerprint density at radius 2 is 2.13 bits per heavy atom. The number of anilines is 1. The number of piperazine rings is 1. The molecule has 0 radical (unpaired) electrons. The van der Waals surface area contributed by atoms with Crippen LogP contribution in [-0.4, -0.2) is 77.2 Å². The number of hydrogen-bond donors (Lipinski definition) is 0. The van der Waals surface area contributed by atoms with E-state index in [9.17, 15) is 4.79 Å². The molecule has 1 aliphatic carbocycles. The average Bonchev–Trinajstić information content (AvgIpc) is 3.43. The molecule has 0 unspecified atom stereocenters. The zero-order valence-corrected chi connectivity index (χ0v) is 18.3. The number of nitrogens with zero attached hydrogens (tertiary/aromatic N) is 5. The Bertz CT molecular complexity index is 875. The number of amides is 1. The third-order valence-corrected chi connectivity index (χ3v) is 7.50. The summed E-state index contributed by atoms with van der Waals surface area (Å²) in [4.78, 5) is 23.6. The van der Waals surface area contributed by atoms with Crippen LogP contribution in [0, 0.1) is 5.41 Å². The van der Waals surface area contributed by atoms with Gasteiger partial charge in [-0.15, -0.1) is 0 Å². The smallest absolute Gasteiger partial charge is 0.409 e.